The second kappa shape index (κ2) is 7.37. The number of aliphatic imine (C=N–C) groups is 1. The molecule has 3 aromatic rings. The lowest BCUT2D eigenvalue weighted by Gasteiger charge is -2.09. The van der Waals surface area contributed by atoms with Gasteiger partial charge in [-0.1, -0.05) is 60.7 Å². The number of hydrogen-bond acceptors (Lipinski definition) is 1. The number of rotatable bonds is 4. The third-order valence-electron chi connectivity index (χ3n) is 3.67. The first-order chi connectivity index (χ1) is 11.4. The highest BCUT2D eigenvalue weighted by Gasteiger charge is 2.04. The lowest BCUT2D eigenvalue weighted by Crippen LogP contribution is -1.84. The summed E-state index contributed by atoms with van der Waals surface area (Å²) in [5.74, 6) is 0. The zero-order valence-corrected chi connectivity index (χ0v) is 13.2. The molecule has 3 rings (SSSR count). The molecule has 0 saturated carbocycles. The second-order valence-electron chi connectivity index (χ2n) is 5.30. The van der Waals surface area contributed by atoms with Crippen molar-refractivity contribution in [2.75, 3.05) is 0 Å². The van der Waals surface area contributed by atoms with E-state index in [2.05, 4.69) is 71.7 Å². The van der Waals surface area contributed by atoms with Crippen LogP contribution in [0.15, 0.2) is 90.1 Å². The first-order valence-corrected chi connectivity index (χ1v) is 7.77. The van der Waals surface area contributed by atoms with Crippen molar-refractivity contribution < 1.29 is 0 Å². The fraction of sp³-hybridized carbons (Fsp3) is 0.0455. The van der Waals surface area contributed by atoms with E-state index < -0.39 is 0 Å². The summed E-state index contributed by atoms with van der Waals surface area (Å²) in [6.45, 7) is 1.92. The van der Waals surface area contributed by atoms with Crippen LogP contribution in [-0.4, -0.2) is 6.21 Å². The van der Waals surface area contributed by atoms with Crippen LogP contribution in [0.3, 0.4) is 0 Å². The summed E-state index contributed by atoms with van der Waals surface area (Å²) in [7, 11) is 0. The van der Waals surface area contributed by atoms with Gasteiger partial charge in [0.2, 0.25) is 0 Å². The molecule has 23 heavy (non-hydrogen) atoms. The molecule has 0 aliphatic rings. The molecule has 0 saturated heterocycles. The first kappa shape index (κ1) is 15.0. The van der Waals surface area contributed by atoms with Crippen LogP contribution in [0.4, 0.5) is 0 Å². The van der Waals surface area contributed by atoms with Crippen molar-refractivity contribution in [2.24, 2.45) is 4.99 Å². The molecule has 0 amide bonds. The van der Waals surface area contributed by atoms with Crippen LogP contribution in [0, 0.1) is 0 Å². The van der Waals surface area contributed by atoms with E-state index in [0.717, 1.165) is 5.56 Å². The van der Waals surface area contributed by atoms with Crippen LogP contribution in [0.25, 0.3) is 28.3 Å². The Balaban J connectivity index is 2.11. The molecule has 1 nitrogen and oxygen atoms in total. The molecule has 0 fully saturated rings. The number of benzene rings is 3. The van der Waals surface area contributed by atoms with Gasteiger partial charge >= 0.3 is 0 Å². The number of hydrogen-bond donors (Lipinski definition) is 0. The van der Waals surface area contributed by atoms with E-state index >= 15 is 0 Å². The lowest BCUT2D eigenvalue weighted by molar-refractivity contribution is 1.55. The predicted molar refractivity (Wildman–Crippen MR) is 101 cm³/mol. The van der Waals surface area contributed by atoms with Crippen LogP contribution in [-0.2, 0) is 0 Å². The summed E-state index contributed by atoms with van der Waals surface area (Å²) in [5, 5.41) is 0. The maximum Gasteiger partial charge on any atom is 0.0269 e. The highest BCUT2D eigenvalue weighted by Crippen LogP contribution is 2.28. The van der Waals surface area contributed by atoms with E-state index in [1.54, 1.807) is 6.21 Å². The minimum Gasteiger partial charge on any atom is -0.269 e. The van der Waals surface area contributed by atoms with E-state index in [0.29, 0.717) is 0 Å². The summed E-state index contributed by atoms with van der Waals surface area (Å²) >= 11 is 0. The lowest BCUT2D eigenvalue weighted by atomic mass is 9.96. The van der Waals surface area contributed by atoms with Crippen LogP contribution in [0.1, 0.15) is 12.5 Å². The van der Waals surface area contributed by atoms with Crippen molar-refractivity contribution in [1.82, 2.24) is 0 Å². The standard InChI is InChI=1S/C22H19N/c1-2-23-14-13-18-15-21(19-9-5-3-6-10-19)17-22(16-18)20-11-7-4-8-12-20/h2-17H,1H3/b14-13-,23-2?. The molecule has 0 heterocycles. The molecule has 0 bridgehead atoms. The van der Waals surface area contributed by atoms with Gasteiger partial charge in [0.05, 0.1) is 0 Å². The quantitative estimate of drug-likeness (QED) is 0.517. The minimum absolute atomic E-state index is 1.15. The van der Waals surface area contributed by atoms with E-state index in [9.17, 15) is 0 Å². The summed E-state index contributed by atoms with van der Waals surface area (Å²) in [6, 6.07) is 27.6. The molecule has 0 radical (unpaired) electrons. The van der Waals surface area contributed by atoms with E-state index in [1.807, 2.05) is 31.3 Å². The highest BCUT2D eigenvalue weighted by molar-refractivity contribution is 5.77. The number of nitrogens with zero attached hydrogens (tertiary/aromatic N) is 1. The maximum atomic E-state index is 4.17. The molecular weight excluding hydrogens is 278 g/mol. The fourth-order valence-corrected chi connectivity index (χ4v) is 2.56. The molecule has 0 aliphatic carbocycles. The van der Waals surface area contributed by atoms with Gasteiger partial charge in [0.1, 0.15) is 0 Å². The van der Waals surface area contributed by atoms with Crippen LogP contribution in [0.5, 0.6) is 0 Å². The van der Waals surface area contributed by atoms with Crippen molar-refractivity contribution >= 4 is 12.3 Å². The molecule has 0 aromatic heterocycles. The molecule has 0 aliphatic heterocycles. The molecule has 0 N–H and O–H groups in total. The van der Waals surface area contributed by atoms with Crippen molar-refractivity contribution in [3.05, 3.63) is 90.6 Å². The summed E-state index contributed by atoms with van der Waals surface area (Å²) in [4.78, 5) is 4.17. The Morgan fingerprint density at radius 2 is 1.17 bits per heavy atom. The average molecular weight is 297 g/mol. The van der Waals surface area contributed by atoms with Gasteiger partial charge in [0, 0.05) is 12.4 Å². The Labute approximate surface area is 137 Å². The molecule has 112 valence electrons. The van der Waals surface area contributed by atoms with Crippen molar-refractivity contribution in [3.8, 4) is 22.3 Å². The first-order valence-electron chi connectivity index (χ1n) is 7.77. The fourth-order valence-electron chi connectivity index (χ4n) is 2.56. The van der Waals surface area contributed by atoms with Gasteiger partial charge in [-0.25, -0.2) is 0 Å². The Hall–Kier alpha value is -2.93. The van der Waals surface area contributed by atoms with Crippen molar-refractivity contribution in [3.63, 3.8) is 0 Å². The van der Waals surface area contributed by atoms with Gasteiger partial charge in [-0.3, -0.25) is 4.99 Å². The topological polar surface area (TPSA) is 12.4 Å². The Morgan fingerprint density at radius 1 is 0.652 bits per heavy atom. The third kappa shape index (κ3) is 3.83. The van der Waals surface area contributed by atoms with Gasteiger partial charge in [-0.15, -0.1) is 0 Å². The molecule has 1 heteroatoms. The maximum absolute atomic E-state index is 4.17. The Kier molecular flexibility index (Phi) is 4.80. The molecule has 0 unspecified atom stereocenters. The summed E-state index contributed by atoms with van der Waals surface area (Å²) in [5.41, 5.74) is 6.02. The Bertz CT molecular complexity index is 757. The van der Waals surface area contributed by atoms with Crippen LogP contribution in [0.2, 0.25) is 0 Å². The third-order valence-corrected chi connectivity index (χ3v) is 3.67. The van der Waals surface area contributed by atoms with Crippen molar-refractivity contribution in [2.45, 2.75) is 6.92 Å². The van der Waals surface area contributed by atoms with Gasteiger partial charge in [0.25, 0.3) is 0 Å². The van der Waals surface area contributed by atoms with Crippen LogP contribution >= 0.6 is 0 Å². The normalized spacial score (nSPS) is 11.3. The zero-order valence-electron chi connectivity index (χ0n) is 13.2. The Morgan fingerprint density at radius 3 is 1.65 bits per heavy atom. The van der Waals surface area contributed by atoms with E-state index in [1.165, 1.54) is 22.3 Å². The van der Waals surface area contributed by atoms with Crippen LogP contribution < -0.4 is 0 Å². The molecule has 0 spiro atoms. The minimum atomic E-state index is 1.15. The summed E-state index contributed by atoms with van der Waals surface area (Å²) < 4.78 is 0. The summed E-state index contributed by atoms with van der Waals surface area (Å²) in [6.07, 6.45) is 5.66. The van der Waals surface area contributed by atoms with E-state index in [-0.39, 0.29) is 0 Å². The zero-order chi connectivity index (χ0) is 15.9. The highest BCUT2D eigenvalue weighted by atomic mass is 14.6. The largest absolute Gasteiger partial charge is 0.269 e. The SMILES string of the molecule is CC=N/C=C\c1cc(-c2ccccc2)cc(-c2ccccc2)c1. The van der Waals surface area contributed by atoms with Gasteiger partial charge in [-0.2, -0.15) is 0 Å². The average Bonchev–Trinajstić information content (AvgIpc) is 2.63. The molecular formula is C22H19N. The molecule has 0 atom stereocenters. The van der Waals surface area contributed by atoms with E-state index in [4.69, 9.17) is 0 Å². The predicted octanol–water partition coefficient (Wildman–Crippen LogP) is 6.08. The van der Waals surface area contributed by atoms with Gasteiger partial charge in [0.15, 0.2) is 0 Å². The second-order valence-corrected chi connectivity index (χ2v) is 5.30. The smallest absolute Gasteiger partial charge is 0.0269 e. The molecule has 3 aromatic carbocycles. The van der Waals surface area contributed by atoms with Gasteiger partial charge < -0.3 is 0 Å². The van der Waals surface area contributed by atoms with Gasteiger partial charge in [-0.05, 0) is 59.0 Å². The monoisotopic (exact) mass is 297 g/mol. The van der Waals surface area contributed by atoms with Crippen molar-refractivity contribution in [1.29, 1.82) is 0 Å².